The Hall–Kier alpha value is -1.76. The molecule has 0 aliphatic carbocycles. The molecular weight excluding hydrogens is 376 g/mol. The van der Waals surface area contributed by atoms with Crippen molar-refractivity contribution in [1.82, 2.24) is 9.80 Å². The minimum atomic E-state index is -0.275. The molecule has 5 heteroatoms. The molecule has 2 aromatic carbocycles. The first kappa shape index (κ1) is 22.9. The number of aliphatic hydroxyl groups excluding tert-OH is 1. The molecule has 0 spiro atoms. The van der Waals surface area contributed by atoms with Gasteiger partial charge in [0.2, 0.25) is 0 Å². The summed E-state index contributed by atoms with van der Waals surface area (Å²) in [4.78, 5) is 4.88. The minimum absolute atomic E-state index is 0.0680. The van der Waals surface area contributed by atoms with E-state index in [1.54, 1.807) is 7.11 Å². The molecule has 2 aromatic rings. The summed E-state index contributed by atoms with van der Waals surface area (Å²) in [5.41, 5.74) is 2.32. The quantitative estimate of drug-likeness (QED) is 0.575. The minimum Gasteiger partial charge on any atom is -0.394 e. The second kappa shape index (κ2) is 11.0. The molecule has 164 valence electrons. The van der Waals surface area contributed by atoms with Crippen LogP contribution >= 0.6 is 0 Å². The number of rotatable bonds is 11. The standard InChI is InChI=1S/C25H36N2O3/c1-25(2,20-28)27-18-23(24(19-27)30-15-14-29-3)26(16-21-10-6-4-7-11-21)17-22-12-8-5-9-13-22/h4-13,23-24,28H,14-20H2,1-3H3/t23-,24-/m1/s1. The van der Waals surface area contributed by atoms with Gasteiger partial charge in [-0.3, -0.25) is 9.80 Å². The third-order valence-electron chi connectivity index (χ3n) is 6.03. The Morgan fingerprint density at radius 1 is 0.933 bits per heavy atom. The average molecular weight is 413 g/mol. The highest BCUT2D eigenvalue weighted by Crippen LogP contribution is 2.28. The van der Waals surface area contributed by atoms with E-state index in [1.165, 1.54) is 11.1 Å². The van der Waals surface area contributed by atoms with E-state index in [9.17, 15) is 5.11 Å². The maximum Gasteiger partial charge on any atom is 0.0870 e. The van der Waals surface area contributed by atoms with Crippen LogP contribution in [0.25, 0.3) is 0 Å². The first-order valence-corrected chi connectivity index (χ1v) is 10.8. The first-order valence-electron chi connectivity index (χ1n) is 10.8. The number of aliphatic hydroxyl groups is 1. The normalized spacial score (nSPS) is 20.2. The summed E-state index contributed by atoms with van der Waals surface area (Å²) < 4.78 is 11.5. The lowest BCUT2D eigenvalue weighted by Gasteiger charge is -2.35. The third-order valence-corrected chi connectivity index (χ3v) is 6.03. The van der Waals surface area contributed by atoms with Crippen molar-refractivity contribution in [3.8, 4) is 0 Å². The van der Waals surface area contributed by atoms with Crippen LogP contribution in [0, 0.1) is 0 Å². The summed E-state index contributed by atoms with van der Waals surface area (Å²) in [5.74, 6) is 0. The molecule has 1 fully saturated rings. The fraction of sp³-hybridized carbons (Fsp3) is 0.520. The summed E-state index contributed by atoms with van der Waals surface area (Å²) in [5, 5.41) is 9.93. The van der Waals surface area contributed by atoms with Gasteiger partial charge in [0.15, 0.2) is 0 Å². The topological polar surface area (TPSA) is 45.2 Å². The second-order valence-electron chi connectivity index (χ2n) is 8.72. The molecule has 0 bridgehead atoms. The lowest BCUT2D eigenvalue weighted by molar-refractivity contribution is -0.0183. The van der Waals surface area contributed by atoms with Crippen molar-refractivity contribution in [2.45, 2.75) is 44.6 Å². The van der Waals surface area contributed by atoms with Crippen molar-refractivity contribution in [3.05, 3.63) is 71.8 Å². The predicted octanol–water partition coefficient (Wildman–Crippen LogP) is 3.18. The molecule has 3 rings (SSSR count). The number of benzene rings is 2. The molecule has 0 aromatic heterocycles. The van der Waals surface area contributed by atoms with Crippen LogP contribution in [-0.2, 0) is 22.6 Å². The van der Waals surface area contributed by atoms with Crippen LogP contribution in [0.4, 0.5) is 0 Å². The Balaban J connectivity index is 1.84. The van der Waals surface area contributed by atoms with Gasteiger partial charge in [0.25, 0.3) is 0 Å². The number of hydrogen-bond donors (Lipinski definition) is 1. The molecule has 0 unspecified atom stereocenters. The Morgan fingerprint density at radius 2 is 1.50 bits per heavy atom. The molecule has 1 aliphatic rings. The number of hydrogen-bond acceptors (Lipinski definition) is 5. The lowest BCUT2D eigenvalue weighted by atomic mass is 10.1. The van der Waals surface area contributed by atoms with Gasteiger partial charge in [-0.15, -0.1) is 0 Å². The van der Waals surface area contributed by atoms with Gasteiger partial charge in [-0.25, -0.2) is 0 Å². The van der Waals surface area contributed by atoms with E-state index in [4.69, 9.17) is 9.47 Å². The third kappa shape index (κ3) is 6.13. The van der Waals surface area contributed by atoms with Crippen LogP contribution in [0.15, 0.2) is 60.7 Å². The van der Waals surface area contributed by atoms with E-state index in [0.29, 0.717) is 13.2 Å². The molecule has 0 radical (unpaired) electrons. The Labute approximate surface area is 181 Å². The second-order valence-corrected chi connectivity index (χ2v) is 8.72. The Morgan fingerprint density at radius 3 is 2.00 bits per heavy atom. The number of likely N-dealkylation sites (tertiary alicyclic amines) is 1. The van der Waals surface area contributed by atoms with Crippen molar-refractivity contribution < 1.29 is 14.6 Å². The zero-order chi connectivity index (χ0) is 21.4. The zero-order valence-corrected chi connectivity index (χ0v) is 18.5. The Bertz CT molecular complexity index is 697. The number of ether oxygens (including phenoxy) is 2. The summed E-state index contributed by atoms with van der Waals surface area (Å²) in [6.45, 7) is 8.88. The molecule has 1 saturated heterocycles. The van der Waals surface area contributed by atoms with Crippen LogP contribution in [0.5, 0.6) is 0 Å². The SMILES string of the molecule is COCCO[C@@H]1CN(C(C)(C)CO)C[C@H]1N(Cc1ccccc1)Cc1ccccc1. The van der Waals surface area contributed by atoms with Crippen molar-refractivity contribution in [2.75, 3.05) is 40.0 Å². The number of methoxy groups -OCH3 is 1. The van der Waals surface area contributed by atoms with E-state index in [1.807, 2.05) is 0 Å². The van der Waals surface area contributed by atoms with Gasteiger partial charge >= 0.3 is 0 Å². The van der Waals surface area contributed by atoms with E-state index >= 15 is 0 Å². The van der Waals surface area contributed by atoms with Crippen molar-refractivity contribution in [2.24, 2.45) is 0 Å². The van der Waals surface area contributed by atoms with Gasteiger partial charge < -0.3 is 14.6 Å². The van der Waals surface area contributed by atoms with E-state index in [2.05, 4.69) is 84.3 Å². The van der Waals surface area contributed by atoms with Gasteiger partial charge in [0.05, 0.1) is 32.0 Å². The smallest absolute Gasteiger partial charge is 0.0870 e. The summed E-state index contributed by atoms with van der Waals surface area (Å²) in [7, 11) is 1.70. The molecule has 0 saturated carbocycles. The fourth-order valence-corrected chi connectivity index (χ4v) is 4.07. The summed E-state index contributed by atoms with van der Waals surface area (Å²) >= 11 is 0. The van der Waals surface area contributed by atoms with Gasteiger partial charge in [-0.2, -0.15) is 0 Å². The van der Waals surface area contributed by atoms with Crippen LogP contribution in [-0.4, -0.2) is 72.6 Å². The summed E-state index contributed by atoms with van der Waals surface area (Å²) in [6, 6.07) is 21.5. The van der Waals surface area contributed by atoms with Gasteiger partial charge in [-0.05, 0) is 25.0 Å². The van der Waals surface area contributed by atoms with Gasteiger partial charge in [0.1, 0.15) is 0 Å². The molecule has 2 atom stereocenters. The molecule has 5 nitrogen and oxygen atoms in total. The van der Waals surface area contributed by atoms with E-state index in [0.717, 1.165) is 26.2 Å². The van der Waals surface area contributed by atoms with Crippen molar-refractivity contribution in [3.63, 3.8) is 0 Å². The van der Waals surface area contributed by atoms with Crippen LogP contribution in [0.1, 0.15) is 25.0 Å². The predicted molar refractivity (Wildman–Crippen MR) is 120 cm³/mol. The Kier molecular flexibility index (Phi) is 8.42. The largest absolute Gasteiger partial charge is 0.394 e. The maximum atomic E-state index is 9.93. The van der Waals surface area contributed by atoms with Crippen molar-refractivity contribution >= 4 is 0 Å². The molecule has 1 N–H and O–H groups in total. The molecule has 0 amide bonds. The lowest BCUT2D eigenvalue weighted by Crippen LogP contribution is -2.47. The zero-order valence-electron chi connectivity index (χ0n) is 18.5. The average Bonchev–Trinajstić information content (AvgIpc) is 3.20. The van der Waals surface area contributed by atoms with Gasteiger partial charge in [-0.1, -0.05) is 60.7 Å². The number of nitrogens with zero attached hydrogens (tertiary/aromatic N) is 2. The highest BCUT2D eigenvalue weighted by molar-refractivity contribution is 5.18. The molecule has 1 aliphatic heterocycles. The van der Waals surface area contributed by atoms with E-state index < -0.39 is 0 Å². The summed E-state index contributed by atoms with van der Waals surface area (Å²) in [6.07, 6.45) is 0.0680. The first-order chi connectivity index (χ1) is 14.5. The maximum absolute atomic E-state index is 9.93. The monoisotopic (exact) mass is 412 g/mol. The van der Waals surface area contributed by atoms with Crippen LogP contribution in [0.2, 0.25) is 0 Å². The van der Waals surface area contributed by atoms with Crippen molar-refractivity contribution in [1.29, 1.82) is 0 Å². The fourth-order valence-electron chi connectivity index (χ4n) is 4.07. The highest BCUT2D eigenvalue weighted by atomic mass is 16.5. The van der Waals surface area contributed by atoms with Gasteiger partial charge in [0, 0.05) is 38.8 Å². The molecule has 30 heavy (non-hydrogen) atoms. The molecule has 1 heterocycles. The van der Waals surface area contributed by atoms with Crippen LogP contribution < -0.4 is 0 Å². The molecular formula is C25H36N2O3. The van der Waals surface area contributed by atoms with E-state index in [-0.39, 0.29) is 24.3 Å². The highest BCUT2D eigenvalue weighted by Gasteiger charge is 2.42. The van der Waals surface area contributed by atoms with Crippen LogP contribution in [0.3, 0.4) is 0 Å².